The number of carbonyl (C=O) groups is 1. The second-order valence-corrected chi connectivity index (χ2v) is 7.83. The molecule has 4 rings (SSSR count). The Morgan fingerprint density at radius 1 is 1.04 bits per heavy atom. The van der Waals surface area contributed by atoms with E-state index in [-0.39, 0.29) is 11.9 Å². The molecule has 0 bridgehead atoms. The van der Waals surface area contributed by atoms with Crippen LogP contribution in [0.4, 0.5) is 5.69 Å². The molecule has 0 saturated carbocycles. The van der Waals surface area contributed by atoms with Gasteiger partial charge in [-0.2, -0.15) is 0 Å². The van der Waals surface area contributed by atoms with Gasteiger partial charge >= 0.3 is 0 Å². The number of anilines is 1. The first-order valence-electron chi connectivity index (χ1n) is 9.80. The summed E-state index contributed by atoms with van der Waals surface area (Å²) in [6.07, 6.45) is 3.29. The molecule has 5 heteroatoms. The monoisotopic (exact) mass is 383 g/mol. The molecule has 1 fully saturated rings. The van der Waals surface area contributed by atoms with Crippen LogP contribution >= 0.6 is 11.6 Å². The van der Waals surface area contributed by atoms with E-state index in [1.54, 1.807) is 0 Å². The fraction of sp³-hybridized carbons (Fsp3) is 0.409. The second-order valence-electron chi connectivity index (χ2n) is 7.43. The van der Waals surface area contributed by atoms with E-state index in [0.29, 0.717) is 6.54 Å². The van der Waals surface area contributed by atoms with Crippen LogP contribution in [0.15, 0.2) is 48.5 Å². The lowest BCUT2D eigenvalue weighted by molar-refractivity contribution is -0.123. The predicted molar refractivity (Wildman–Crippen MR) is 110 cm³/mol. The fourth-order valence-electron chi connectivity index (χ4n) is 4.20. The Bertz CT molecular complexity index is 802. The van der Waals surface area contributed by atoms with Crippen LogP contribution in [0.2, 0.25) is 5.02 Å². The Labute approximate surface area is 166 Å². The van der Waals surface area contributed by atoms with E-state index in [1.807, 2.05) is 18.2 Å². The maximum atomic E-state index is 12.6. The van der Waals surface area contributed by atoms with E-state index < -0.39 is 0 Å². The van der Waals surface area contributed by atoms with Gasteiger partial charge in [-0.25, -0.2) is 0 Å². The number of aryl methyl sites for hydroxylation is 1. The van der Waals surface area contributed by atoms with Gasteiger partial charge in [-0.3, -0.25) is 9.69 Å². The zero-order valence-corrected chi connectivity index (χ0v) is 16.3. The second kappa shape index (κ2) is 8.32. The number of amides is 1. The third-order valence-corrected chi connectivity index (χ3v) is 5.96. The number of nitrogens with zero attached hydrogens (tertiary/aromatic N) is 2. The summed E-state index contributed by atoms with van der Waals surface area (Å²) < 4.78 is 0. The van der Waals surface area contributed by atoms with Crippen LogP contribution in [0.3, 0.4) is 0 Å². The SMILES string of the molecule is O=C(CN1CCN(c2ccccc2Cl)CC1)N[C@H]1CCCc2ccccc21. The Hall–Kier alpha value is -2.04. The van der Waals surface area contributed by atoms with Gasteiger partial charge in [0.1, 0.15) is 0 Å². The van der Waals surface area contributed by atoms with Crippen LogP contribution in [0, 0.1) is 0 Å². The number of hydrogen-bond acceptors (Lipinski definition) is 3. The third kappa shape index (κ3) is 4.28. The van der Waals surface area contributed by atoms with Crippen LogP contribution < -0.4 is 10.2 Å². The number of fused-ring (bicyclic) bond motifs is 1. The minimum atomic E-state index is 0.128. The van der Waals surface area contributed by atoms with Gasteiger partial charge in [0.05, 0.1) is 23.3 Å². The van der Waals surface area contributed by atoms with Gasteiger partial charge < -0.3 is 10.2 Å². The molecular formula is C22H26ClN3O. The number of nitrogens with one attached hydrogen (secondary N) is 1. The quantitative estimate of drug-likeness (QED) is 0.875. The zero-order valence-electron chi connectivity index (χ0n) is 15.5. The molecule has 1 amide bonds. The highest BCUT2D eigenvalue weighted by molar-refractivity contribution is 6.33. The summed E-state index contributed by atoms with van der Waals surface area (Å²) in [7, 11) is 0. The molecule has 2 aromatic rings. The highest BCUT2D eigenvalue weighted by atomic mass is 35.5. The Balaban J connectivity index is 1.30. The summed E-state index contributed by atoms with van der Waals surface area (Å²) in [5.74, 6) is 0.128. The average molecular weight is 384 g/mol. The minimum Gasteiger partial charge on any atom is -0.368 e. The predicted octanol–water partition coefficient (Wildman–Crippen LogP) is 3.66. The van der Waals surface area contributed by atoms with E-state index in [9.17, 15) is 4.79 Å². The summed E-state index contributed by atoms with van der Waals surface area (Å²) >= 11 is 6.31. The van der Waals surface area contributed by atoms with Gasteiger partial charge in [-0.15, -0.1) is 0 Å². The number of halogens is 1. The first kappa shape index (κ1) is 18.3. The van der Waals surface area contributed by atoms with Crippen LogP contribution in [0.5, 0.6) is 0 Å². The van der Waals surface area contributed by atoms with Crippen molar-refractivity contribution in [3.05, 3.63) is 64.7 Å². The van der Waals surface area contributed by atoms with E-state index in [0.717, 1.165) is 56.2 Å². The average Bonchev–Trinajstić information content (AvgIpc) is 2.69. The van der Waals surface area contributed by atoms with Gasteiger partial charge in [-0.1, -0.05) is 48.0 Å². The molecule has 1 aliphatic carbocycles. The molecule has 1 N–H and O–H groups in total. The minimum absolute atomic E-state index is 0.128. The topological polar surface area (TPSA) is 35.6 Å². The van der Waals surface area contributed by atoms with Crippen molar-refractivity contribution in [2.75, 3.05) is 37.6 Å². The summed E-state index contributed by atoms with van der Waals surface area (Å²) in [5.41, 5.74) is 3.75. The van der Waals surface area contributed by atoms with Crippen molar-refractivity contribution in [2.45, 2.75) is 25.3 Å². The molecule has 0 aromatic heterocycles. The van der Waals surface area contributed by atoms with E-state index in [1.165, 1.54) is 11.1 Å². The smallest absolute Gasteiger partial charge is 0.234 e. The van der Waals surface area contributed by atoms with E-state index in [2.05, 4.69) is 45.4 Å². The van der Waals surface area contributed by atoms with E-state index >= 15 is 0 Å². The molecule has 2 aliphatic rings. The third-order valence-electron chi connectivity index (χ3n) is 5.64. The summed E-state index contributed by atoms with van der Waals surface area (Å²) in [6.45, 7) is 4.00. The number of carbonyl (C=O) groups excluding carboxylic acids is 1. The van der Waals surface area contributed by atoms with Gasteiger partial charge in [0, 0.05) is 26.2 Å². The van der Waals surface area contributed by atoms with Crippen LogP contribution in [-0.2, 0) is 11.2 Å². The number of rotatable bonds is 4. The molecule has 27 heavy (non-hydrogen) atoms. The van der Waals surface area contributed by atoms with Crippen LogP contribution in [0.25, 0.3) is 0 Å². The highest BCUT2D eigenvalue weighted by Crippen LogP contribution is 2.29. The van der Waals surface area contributed by atoms with Crippen molar-refractivity contribution in [1.29, 1.82) is 0 Å². The Morgan fingerprint density at radius 2 is 1.78 bits per heavy atom. The van der Waals surface area contributed by atoms with Crippen molar-refractivity contribution in [3.8, 4) is 0 Å². The molecule has 0 radical (unpaired) electrons. The molecular weight excluding hydrogens is 358 g/mol. The molecule has 1 heterocycles. The fourth-order valence-corrected chi connectivity index (χ4v) is 4.46. The maximum absolute atomic E-state index is 12.6. The van der Waals surface area contributed by atoms with Crippen LogP contribution in [-0.4, -0.2) is 43.5 Å². The van der Waals surface area contributed by atoms with Crippen molar-refractivity contribution < 1.29 is 4.79 Å². The lowest BCUT2D eigenvalue weighted by Crippen LogP contribution is -2.50. The number of hydrogen-bond donors (Lipinski definition) is 1. The van der Waals surface area contributed by atoms with Crippen molar-refractivity contribution in [2.24, 2.45) is 0 Å². The number of para-hydroxylation sites is 1. The maximum Gasteiger partial charge on any atom is 0.234 e. The van der Waals surface area contributed by atoms with E-state index in [4.69, 9.17) is 11.6 Å². The lowest BCUT2D eigenvalue weighted by atomic mass is 9.88. The van der Waals surface area contributed by atoms with Crippen molar-refractivity contribution in [3.63, 3.8) is 0 Å². The van der Waals surface area contributed by atoms with Gasteiger partial charge in [0.2, 0.25) is 5.91 Å². The summed E-state index contributed by atoms with van der Waals surface area (Å²) in [5, 5.41) is 4.05. The molecule has 0 unspecified atom stereocenters. The molecule has 1 aliphatic heterocycles. The largest absolute Gasteiger partial charge is 0.368 e. The van der Waals surface area contributed by atoms with Gasteiger partial charge in [0.25, 0.3) is 0 Å². The van der Waals surface area contributed by atoms with Crippen molar-refractivity contribution >= 4 is 23.2 Å². The number of piperazine rings is 1. The van der Waals surface area contributed by atoms with Gasteiger partial charge in [0.15, 0.2) is 0 Å². The first-order valence-corrected chi connectivity index (χ1v) is 10.2. The molecule has 1 saturated heterocycles. The summed E-state index contributed by atoms with van der Waals surface area (Å²) in [6, 6.07) is 16.6. The number of benzene rings is 2. The molecule has 0 spiro atoms. The van der Waals surface area contributed by atoms with Crippen molar-refractivity contribution in [1.82, 2.24) is 10.2 Å². The lowest BCUT2D eigenvalue weighted by Gasteiger charge is -2.36. The summed E-state index contributed by atoms with van der Waals surface area (Å²) in [4.78, 5) is 17.1. The Morgan fingerprint density at radius 3 is 2.59 bits per heavy atom. The molecule has 142 valence electrons. The zero-order chi connectivity index (χ0) is 18.6. The van der Waals surface area contributed by atoms with Crippen LogP contribution in [0.1, 0.15) is 30.0 Å². The van der Waals surface area contributed by atoms with Gasteiger partial charge in [-0.05, 0) is 42.5 Å². The normalized spacial score (nSPS) is 20.2. The molecule has 2 aromatic carbocycles. The standard InChI is InChI=1S/C22H26ClN3O/c23-19-9-3-4-11-21(19)26-14-12-25(13-15-26)16-22(27)24-20-10-5-7-17-6-1-2-8-18(17)20/h1-4,6,8-9,11,20H,5,7,10,12-16H2,(H,24,27)/t20-/m0/s1. The molecule has 4 nitrogen and oxygen atoms in total. The molecule has 1 atom stereocenters. The Kier molecular flexibility index (Phi) is 5.65. The first-order chi connectivity index (χ1) is 13.2. The highest BCUT2D eigenvalue weighted by Gasteiger charge is 2.24.